The second-order valence-electron chi connectivity index (χ2n) is 4.24. The largest absolute Gasteiger partial charge is 0.459 e. The minimum absolute atomic E-state index is 0.0989. The van der Waals surface area contributed by atoms with Crippen LogP contribution in [0.2, 0.25) is 0 Å². The Hall–Kier alpha value is -1.13. The smallest absolute Gasteiger partial charge is 0.330 e. The normalized spacial score (nSPS) is 21.0. The minimum Gasteiger partial charge on any atom is -0.459 e. The van der Waals surface area contributed by atoms with Crippen LogP contribution in [0.1, 0.15) is 32.1 Å². The highest BCUT2D eigenvalue weighted by Crippen LogP contribution is 2.15. The molecule has 4 nitrogen and oxygen atoms in total. The Morgan fingerprint density at radius 1 is 1.44 bits per heavy atom. The van der Waals surface area contributed by atoms with Crippen molar-refractivity contribution in [2.75, 3.05) is 13.2 Å². The van der Waals surface area contributed by atoms with Crippen LogP contribution in [-0.2, 0) is 19.0 Å². The predicted molar refractivity (Wildman–Crippen MR) is 69.1 cm³/mol. The van der Waals surface area contributed by atoms with E-state index in [9.17, 15) is 4.79 Å². The molecule has 0 bridgehead atoms. The van der Waals surface area contributed by atoms with Crippen LogP contribution in [0.15, 0.2) is 25.3 Å². The Balaban J connectivity index is 2.21. The lowest BCUT2D eigenvalue weighted by atomic mass is 10.2. The van der Waals surface area contributed by atoms with Gasteiger partial charge in [0.1, 0.15) is 6.10 Å². The van der Waals surface area contributed by atoms with Gasteiger partial charge in [-0.25, -0.2) is 4.79 Å². The standard InChI is InChI=1S/C14H22O4/c1-3-7-12(18-13(15)4-2)9-11-17-14-8-5-6-10-16-14/h3-4,12,14H,1-2,5-11H2/t12-,14?/m1/s1. The van der Waals surface area contributed by atoms with E-state index in [2.05, 4.69) is 13.2 Å². The Kier molecular flexibility index (Phi) is 7.37. The van der Waals surface area contributed by atoms with Gasteiger partial charge < -0.3 is 14.2 Å². The van der Waals surface area contributed by atoms with E-state index >= 15 is 0 Å². The van der Waals surface area contributed by atoms with Crippen LogP contribution in [0.4, 0.5) is 0 Å². The zero-order valence-corrected chi connectivity index (χ0v) is 10.8. The van der Waals surface area contributed by atoms with E-state index < -0.39 is 5.97 Å². The summed E-state index contributed by atoms with van der Waals surface area (Å²) < 4.78 is 16.2. The molecule has 0 radical (unpaired) electrons. The van der Waals surface area contributed by atoms with Gasteiger partial charge in [0, 0.05) is 25.5 Å². The molecule has 1 aliphatic heterocycles. The SMILES string of the molecule is C=CC[C@H](CCOC1CCCCO1)OC(=O)C=C. The van der Waals surface area contributed by atoms with Gasteiger partial charge in [0.05, 0.1) is 6.61 Å². The zero-order valence-electron chi connectivity index (χ0n) is 10.8. The third-order valence-corrected chi connectivity index (χ3v) is 2.76. The second kappa shape index (κ2) is 8.89. The molecule has 0 amide bonds. The van der Waals surface area contributed by atoms with Crippen molar-refractivity contribution in [1.29, 1.82) is 0 Å². The highest BCUT2D eigenvalue weighted by molar-refractivity contribution is 5.81. The molecule has 2 atom stereocenters. The third-order valence-electron chi connectivity index (χ3n) is 2.76. The fourth-order valence-corrected chi connectivity index (χ4v) is 1.80. The van der Waals surface area contributed by atoms with Gasteiger partial charge in [0.25, 0.3) is 0 Å². The maximum absolute atomic E-state index is 11.1. The quantitative estimate of drug-likeness (QED) is 0.379. The average Bonchev–Trinajstić information content (AvgIpc) is 2.40. The molecule has 1 unspecified atom stereocenters. The molecule has 0 spiro atoms. The summed E-state index contributed by atoms with van der Waals surface area (Å²) in [6.45, 7) is 8.32. The van der Waals surface area contributed by atoms with Crippen LogP contribution in [-0.4, -0.2) is 31.6 Å². The lowest BCUT2D eigenvalue weighted by Gasteiger charge is -2.23. The summed E-state index contributed by atoms with van der Waals surface area (Å²) in [4.78, 5) is 11.1. The topological polar surface area (TPSA) is 44.8 Å². The Bertz CT molecular complexity index is 269. The van der Waals surface area contributed by atoms with Crippen molar-refractivity contribution in [3.05, 3.63) is 25.3 Å². The van der Waals surface area contributed by atoms with E-state index in [1.54, 1.807) is 6.08 Å². The molecule has 102 valence electrons. The molecule has 0 aromatic heterocycles. The van der Waals surface area contributed by atoms with Gasteiger partial charge in [0.15, 0.2) is 6.29 Å². The number of hydrogen-bond acceptors (Lipinski definition) is 4. The minimum atomic E-state index is -0.407. The van der Waals surface area contributed by atoms with Gasteiger partial charge in [0.2, 0.25) is 0 Å². The first-order chi connectivity index (χ1) is 8.76. The van der Waals surface area contributed by atoms with Gasteiger partial charge in [-0.3, -0.25) is 0 Å². The first-order valence-corrected chi connectivity index (χ1v) is 6.43. The lowest BCUT2D eigenvalue weighted by Crippen LogP contribution is -2.25. The van der Waals surface area contributed by atoms with Gasteiger partial charge in [-0.2, -0.15) is 0 Å². The summed E-state index contributed by atoms with van der Waals surface area (Å²) in [5.41, 5.74) is 0. The average molecular weight is 254 g/mol. The summed E-state index contributed by atoms with van der Waals surface area (Å²) in [5.74, 6) is -0.407. The van der Waals surface area contributed by atoms with Gasteiger partial charge in [-0.15, -0.1) is 6.58 Å². The van der Waals surface area contributed by atoms with Crippen LogP contribution in [0, 0.1) is 0 Å². The van der Waals surface area contributed by atoms with E-state index in [0.29, 0.717) is 19.4 Å². The Morgan fingerprint density at radius 3 is 2.89 bits per heavy atom. The summed E-state index contributed by atoms with van der Waals surface area (Å²) >= 11 is 0. The van der Waals surface area contributed by atoms with Crippen LogP contribution in [0.5, 0.6) is 0 Å². The van der Waals surface area contributed by atoms with E-state index in [1.807, 2.05) is 0 Å². The monoisotopic (exact) mass is 254 g/mol. The van der Waals surface area contributed by atoms with Crippen molar-refractivity contribution < 1.29 is 19.0 Å². The first kappa shape index (κ1) is 14.9. The molecule has 0 aromatic carbocycles. The Labute approximate surface area is 109 Å². The number of esters is 1. The molecule has 0 aliphatic carbocycles. The Morgan fingerprint density at radius 2 is 2.28 bits per heavy atom. The van der Waals surface area contributed by atoms with Gasteiger partial charge in [-0.05, 0) is 19.3 Å². The molecule has 1 rings (SSSR count). The number of hydrogen-bond donors (Lipinski definition) is 0. The molecule has 1 aliphatic rings. The number of carbonyl (C=O) groups is 1. The predicted octanol–water partition coefficient (Wildman–Crippen LogP) is 2.59. The molecular formula is C14H22O4. The molecule has 1 fully saturated rings. The first-order valence-electron chi connectivity index (χ1n) is 6.43. The van der Waals surface area contributed by atoms with Crippen LogP contribution < -0.4 is 0 Å². The fraction of sp³-hybridized carbons (Fsp3) is 0.643. The summed E-state index contributed by atoms with van der Waals surface area (Å²) in [6, 6.07) is 0. The van der Waals surface area contributed by atoms with Crippen LogP contribution in [0.3, 0.4) is 0 Å². The van der Waals surface area contributed by atoms with E-state index in [4.69, 9.17) is 14.2 Å². The van der Waals surface area contributed by atoms with Crippen LogP contribution in [0.25, 0.3) is 0 Å². The maximum atomic E-state index is 11.1. The van der Waals surface area contributed by atoms with E-state index in [1.165, 1.54) is 6.08 Å². The summed E-state index contributed by atoms with van der Waals surface area (Å²) in [6.07, 6.45) is 7.06. The van der Waals surface area contributed by atoms with E-state index in [0.717, 1.165) is 25.9 Å². The van der Waals surface area contributed by atoms with Crippen molar-refractivity contribution >= 4 is 5.97 Å². The molecule has 1 saturated heterocycles. The molecule has 4 heteroatoms. The summed E-state index contributed by atoms with van der Waals surface area (Å²) in [7, 11) is 0. The fourth-order valence-electron chi connectivity index (χ4n) is 1.80. The highest BCUT2D eigenvalue weighted by atomic mass is 16.7. The van der Waals surface area contributed by atoms with Crippen LogP contribution >= 0.6 is 0 Å². The third kappa shape index (κ3) is 5.98. The summed E-state index contributed by atoms with van der Waals surface area (Å²) in [5, 5.41) is 0. The van der Waals surface area contributed by atoms with Crippen molar-refractivity contribution in [1.82, 2.24) is 0 Å². The number of rotatable bonds is 8. The van der Waals surface area contributed by atoms with Crippen molar-refractivity contribution in [3.8, 4) is 0 Å². The van der Waals surface area contributed by atoms with E-state index in [-0.39, 0.29) is 12.4 Å². The van der Waals surface area contributed by atoms with Gasteiger partial charge in [-0.1, -0.05) is 12.7 Å². The highest BCUT2D eigenvalue weighted by Gasteiger charge is 2.16. The molecule has 1 heterocycles. The molecule has 0 saturated carbocycles. The number of ether oxygens (including phenoxy) is 3. The zero-order chi connectivity index (χ0) is 13.2. The molecule has 0 aromatic rings. The molecular weight excluding hydrogens is 232 g/mol. The second-order valence-corrected chi connectivity index (χ2v) is 4.24. The number of carbonyl (C=O) groups excluding carboxylic acids is 1. The maximum Gasteiger partial charge on any atom is 0.330 e. The van der Waals surface area contributed by atoms with Crippen molar-refractivity contribution in [2.45, 2.75) is 44.5 Å². The molecule has 0 N–H and O–H groups in total. The van der Waals surface area contributed by atoms with Crippen molar-refractivity contribution in [3.63, 3.8) is 0 Å². The van der Waals surface area contributed by atoms with Gasteiger partial charge >= 0.3 is 5.97 Å². The molecule has 18 heavy (non-hydrogen) atoms. The lowest BCUT2D eigenvalue weighted by molar-refractivity contribution is -0.168. The van der Waals surface area contributed by atoms with Crippen molar-refractivity contribution in [2.24, 2.45) is 0 Å².